The van der Waals surface area contributed by atoms with E-state index in [0.717, 1.165) is 5.69 Å². The van der Waals surface area contributed by atoms with Crippen LogP contribution in [0.5, 0.6) is 0 Å². The number of aromatic nitrogens is 1. The van der Waals surface area contributed by atoms with E-state index in [2.05, 4.69) is 11.1 Å². The maximum absolute atomic E-state index is 9.63. The highest BCUT2D eigenvalue weighted by Gasteiger charge is 2.11. The van der Waals surface area contributed by atoms with Crippen LogP contribution in [-0.2, 0) is 0 Å². The van der Waals surface area contributed by atoms with Gasteiger partial charge in [-0.3, -0.25) is 4.98 Å². The molecule has 1 unspecified atom stereocenters. The lowest BCUT2D eigenvalue weighted by Crippen LogP contribution is -2.28. The normalized spacial score (nSPS) is 13.8. The molecule has 1 rings (SSSR count). The smallest absolute Gasteiger partial charge is 0.0957 e. The van der Waals surface area contributed by atoms with Crippen molar-refractivity contribution >= 4 is 5.69 Å². The molecular formula is C13H19N3O. The van der Waals surface area contributed by atoms with Gasteiger partial charge < -0.3 is 10.0 Å². The van der Waals surface area contributed by atoms with Crippen LogP contribution in [0.15, 0.2) is 18.3 Å². The zero-order chi connectivity index (χ0) is 12.8. The zero-order valence-electron chi connectivity index (χ0n) is 10.6. The van der Waals surface area contributed by atoms with Gasteiger partial charge in [-0.1, -0.05) is 6.92 Å². The van der Waals surface area contributed by atoms with E-state index in [1.807, 2.05) is 37.9 Å². The third-order valence-corrected chi connectivity index (χ3v) is 2.95. The first kappa shape index (κ1) is 13.5. The number of nitriles is 1. The molecule has 1 heterocycles. The number of aliphatic hydroxyl groups excluding tert-OH is 1. The Morgan fingerprint density at radius 1 is 1.53 bits per heavy atom. The van der Waals surface area contributed by atoms with Gasteiger partial charge in [-0.15, -0.1) is 0 Å². The highest BCUT2D eigenvalue weighted by Crippen LogP contribution is 2.19. The minimum atomic E-state index is -0.495. The zero-order valence-corrected chi connectivity index (χ0v) is 10.6. The summed E-state index contributed by atoms with van der Waals surface area (Å²) in [6, 6.07) is 6.07. The first-order chi connectivity index (χ1) is 8.10. The van der Waals surface area contributed by atoms with Crippen LogP contribution >= 0.6 is 0 Å². The minimum Gasteiger partial charge on any atom is -0.387 e. The van der Waals surface area contributed by atoms with Crippen molar-refractivity contribution in [3.05, 3.63) is 24.0 Å². The predicted molar refractivity (Wildman–Crippen MR) is 67.6 cm³/mol. The summed E-state index contributed by atoms with van der Waals surface area (Å²) in [7, 11) is 1.94. The Labute approximate surface area is 103 Å². The number of rotatable bonds is 5. The Balaban J connectivity index is 2.77. The van der Waals surface area contributed by atoms with Crippen LogP contribution in [-0.4, -0.2) is 23.2 Å². The van der Waals surface area contributed by atoms with Crippen LogP contribution in [0.25, 0.3) is 0 Å². The molecule has 0 fully saturated rings. The highest BCUT2D eigenvalue weighted by molar-refractivity contribution is 5.45. The number of pyridine rings is 1. The van der Waals surface area contributed by atoms with Crippen molar-refractivity contribution in [2.45, 2.75) is 38.8 Å². The van der Waals surface area contributed by atoms with Gasteiger partial charge in [0.1, 0.15) is 0 Å². The summed E-state index contributed by atoms with van der Waals surface area (Å²) in [5, 5.41) is 18.3. The molecule has 0 amide bonds. The first-order valence-corrected chi connectivity index (χ1v) is 5.84. The summed E-state index contributed by atoms with van der Waals surface area (Å²) >= 11 is 0. The second kappa shape index (κ2) is 6.21. The van der Waals surface area contributed by atoms with Crippen molar-refractivity contribution in [3.63, 3.8) is 0 Å². The molecule has 0 saturated heterocycles. The van der Waals surface area contributed by atoms with Crippen LogP contribution < -0.4 is 4.90 Å². The van der Waals surface area contributed by atoms with Gasteiger partial charge in [0.2, 0.25) is 0 Å². The molecule has 0 saturated carbocycles. The first-order valence-electron chi connectivity index (χ1n) is 5.84. The Hall–Kier alpha value is -1.60. The van der Waals surface area contributed by atoms with Gasteiger partial charge in [0.15, 0.2) is 0 Å². The lowest BCUT2D eigenvalue weighted by Gasteiger charge is -2.25. The van der Waals surface area contributed by atoms with Crippen molar-refractivity contribution in [2.24, 2.45) is 0 Å². The van der Waals surface area contributed by atoms with E-state index in [1.165, 1.54) is 0 Å². The molecule has 1 N–H and O–H groups in total. The Morgan fingerprint density at radius 2 is 2.24 bits per heavy atom. The molecule has 4 heteroatoms. The maximum Gasteiger partial charge on any atom is 0.0957 e. The largest absolute Gasteiger partial charge is 0.387 e. The van der Waals surface area contributed by atoms with Crippen molar-refractivity contribution in [1.29, 1.82) is 5.26 Å². The van der Waals surface area contributed by atoms with E-state index in [4.69, 9.17) is 5.26 Å². The Morgan fingerprint density at radius 3 is 2.71 bits per heavy atom. The molecule has 17 heavy (non-hydrogen) atoms. The van der Waals surface area contributed by atoms with Crippen LogP contribution in [0.3, 0.4) is 0 Å². The molecule has 0 radical (unpaired) electrons. The summed E-state index contributed by atoms with van der Waals surface area (Å²) in [5.41, 5.74) is 1.65. The monoisotopic (exact) mass is 233 g/mol. The second-order valence-electron chi connectivity index (χ2n) is 4.19. The fourth-order valence-electron chi connectivity index (χ4n) is 1.54. The average molecular weight is 233 g/mol. The molecule has 1 aromatic rings. The predicted octanol–water partition coefficient (Wildman–Crippen LogP) is 2.26. The molecule has 0 bridgehead atoms. The summed E-state index contributed by atoms with van der Waals surface area (Å²) in [5.74, 6) is 0. The molecule has 0 aliphatic rings. The molecule has 0 aliphatic heterocycles. The van der Waals surface area contributed by atoms with Crippen LogP contribution in [0.1, 0.15) is 38.5 Å². The van der Waals surface area contributed by atoms with E-state index in [0.29, 0.717) is 18.5 Å². The quantitative estimate of drug-likeness (QED) is 0.847. The molecule has 0 aliphatic carbocycles. The topological polar surface area (TPSA) is 60.1 Å². The van der Waals surface area contributed by atoms with E-state index in [9.17, 15) is 5.11 Å². The summed E-state index contributed by atoms with van der Waals surface area (Å²) < 4.78 is 0. The number of nitrogens with zero attached hydrogens (tertiary/aromatic N) is 3. The second-order valence-corrected chi connectivity index (χ2v) is 4.19. The lowest BCUT2D eigenvalue weighted by atomic mass is 10.1. The number of hydrogen-bond donors (Lipinski definition) is 1. The lowest BCUT2D eigenvalue weighted by molar-refractivity contribution is 0.169. The maximum atomic E-state index is 9.63. The van der Waals surface area contributed by atoms with Crippen molar-refractivity contribution in [3.8, 4) is 6.07 Å². The van der Waals surface area contributed by atoms with Crippen molar-refractivity contribution < 1.29 is 5.11 Å². The average Bonchev–Trinajstić information content (AvgIpc) is 2.37. The van der Waals surface area contributed by atoms with E-state index >= 15 is 0 Å². The Bertz CT molecular complexity index is 383. The molecule has 92 valence electrons. The van der Waals surface area contributed by atoms with Gasteiger partial charge in [-0.05, 0) is 25.5 Å². The van der Waals surface area contributed by atoms with Gasteiger partial charge in [0, 0.05) is 13.1 Å². The summed E-state index contributed by atoms with van der Waals surface area (Å²) in [6.45, 7) is 3.92. The van der Waals surface area contributed by atoms with Gasteiger partial charge >= 0.3 is 0 Å². The number of aliphatic hydroxyl groups is 1. The molecule has 0 spiro atoms. The van der Waals surface area contributed by atoms with Crippen LogP contribution in [0.4, 0.5) is 5.69 Å². The van der Waals surface area contributed by atoms with Crippen LogP contribution in [0, 0.1) is 11.3 Å². The molecule has 2 atom stereocenters. The summed E-state index contributed by atoms with van der Waals surface area (Å²) in [4.78, 5) is 6.25. The molecule has 4 nitrogen and oxygen atoms in total. The third-order valence-electron chi connectivity index (χ3n) is 2.95. The fraction of sp³-hybridized carbons (Fsp3) is 0.538. The standard InChI is InChI=1S/C13H19N3O/c1-4-13(17)12-6-5-11(9-15-12)16(3)10(2)7-8-14/h5-6,9-10,13,17H,4,7H2,1-3H3/t10?,13-/m1/s1. The van der Waals surface area contributed by atoms with Crippen molar-refractivity contribution in [2.75, 3.05) is 11.9 Å². The van der Waals surface area contributed by atoms with Gasteiger partial charge in [0.25, 0.3) is 0 Å². The minimum absolute atomic E-state index is 0.156. The van der Waals surface area contributed by atoms with E-state index < -0.39 is 6.10 Å². The number of hydrogen-bond acceptors (Lipinski definition) is 4. The molecule has 0 aromatic carbocycles. The fourth-order valence-corrected chi connectivity index (χ4v) is 1.54. The van der Waals surface area contributed by atoms with E-state index in [-0.39, 0.29) is 6.04 Å². The summed E-state index contributed by atoms with van der Waals surface area (Å²) in [6.07, 6.45) is 2.39. The van der Waals surface area contributed by atoms with Gasteiger partial charge in [-0.2, -0.15) is 5.26 Å². The van der Waals surface area contributed by atoms with Crippen LogP contribution in [0.2, 0.25) is 0 Å². The SMILES string of the molecule is CC[C@@H](O)c1ccc(N(C)C(C)CC#N)cn1. The van der Waals surface area contributed by atoms with Crippen molar-refractivity contribution in [1.82, 2.24) is 4.98 Å². The Kier molecular flexibility index (Phi) is 4.92. The van der Waals surface area contributed by atoms with E-state index in [1.54, 1.807) is 6.20 Å². The molecule has 1 aromatic heterocycles. The highest BCUT2D eigenvalue weighted by atomic mass is 16.3. The number of anilines is 1. The van der Waals surface area contributed by atoms with Gasteiger partial charge in [0.05, 0.1) is 36.2 Å². The third kappa shape index (κ3) is 3.43. The van der Waals surface area contributed by atoms with Gasteiger partial charge in [-0.25, -0.2) is 0 Å². The molecular weight excluding hydrogens is 214 g/mol.